The number of carbonyl (C=O) groups excluding carboxylic acids is 1. The van der Waals surface area contributed by atoms with Crippen LogP contribution in [0.4, 0.5) is 0 Å². The fourth-order valence-corrected chi connectivity index (χ4v) is 5.14. The first-order valence-corrected chi connectivity index (χ1v) is 13.0. The van der Waals surface area contributed by atoms with E-state index in [2.05, 4.69) is 6.92 Å². The van der Waals surface area contributed by atoms with E-state index in [0.29, 0.717) is 22.4 Å². The number of benzene rings is 2. The molecule has 0 aliphatic carbocycles. The average molecular weight is 492 g/mol. The van der Waals surface area contributed by atoms with Crippen LogP contribution in [-0.4, -0.2) is 38.1 Å². The Bertz CT molecular complexity index is 1170. The van der Waals surface area contributed by atoms with Gasteiger partial charge in [0.1, 0.15) is 10.1 Å². The number of amides is 1. The molecule has 0 saturated carbocycles. The van der Waals surface area contributed by atoms with Gasteiger partial charge in [0.05, 0.1) is 22.9 Å². The number of carbonyl (C=O) groups is 1. The van der Waals surface area contributed by atoms with Crippen molar-refractivity contribution < 1.29 is 9.53 Å². The second-order valence-corrected chi connectivity index (χ2v) is 9.74. The molecule has 0 radical (unpaired) electrons. The van der Waals surface area contributed by atoms with Crippen LogP contribution in [0.15, 0.2) is 65.7 Å². The van der Waals surface area contributed by atoms with Gasteiger partial charge in [-0.25, -0.2) is 4.68 Å². The van der Waals surface area contributed by atoms with Gasteiger partial charge in [-0.05, 0) is 55.8 Å². The zero-order chi connectivity index (χ0) is 23.9. The largest absolute Gasteiger partial charge is 0.494 e. The summed E-state index contributed by atoms with van der Waals surface area (Å²) >= 11 is 6.90. The summed E-state index contributed by atoms with van der Waals surface area (Å²) in [7, 11) is 0. The maximum Gasteiger partial charge on any atom is 0.266 e. The lowest BCUT2D eigenvalue weighted by Gasteiger charge is -2.13. The number of unbranched alkanes of at least 4 members (excludes halogenated alkanes) is 3. The minimum Gasteiger partial charge on any atom is -0.494 e. The predicted molar refractivity (Wildman–Crippen MR) is 144 cm³/mol. The summed E-state index contributed by atoms with van der Waals surface area (Å²) in [6.07, 6.45) is 8.31. The van der Waals surface area contributed by atoms with E-state index in [1.807, 2.05) is 78.5 Å². The Morgan fingerprint density at radius 2 is 1.79 bits per heavy atom. The molecular weight excluding hydrogens is 462 g/mol. The summed E-state index contributed by atoms with van der Waals surface area (Å²) in [4.78, 5) is 15.5. The Balaban J connectivity index is 1.66. The zero-order valence-electron chi connectivity index (χ0n) is 19.6. The summed E-state index contributed by atoms with van der Waals surface area (Å²) in [5.41, 5.74) is 3.59. The molecule has 0 N–H and O–H groups in total. The first kappa shape index (κ1) is 24.2. The van der Waals surface area contributed by atoms with E-state index in [-0.39, 0.29) is 5.91 Å². The normalized spacial score (nSPS) is 14.9. The maximum atomic E-state index is 13.1. The molecule has 34 heavy (non-hydrogen) atoms. The van der Waals surface area contributed by atoms with Crippen LogP contribution in [0.3, 0.4) is 0 Å². The van der Waals surface area contributed by atoms with Crippen LogP contribution in [-0.2, 0) is 4.79 Å². The van der Waals surface area contributed by atoms with Crippen molar-refractivity contribution in [3.05, 3.63) is 71.3 Å². The highest BCUT2D eigenvalue weighted by Crippen LogP contribution is 2.35. The summed E-state index contributed by atoms with van der Waals surface area (Å²) in [5.74, 6) is 0.802. The summed E-state index contributed by atoms with van der Waals surface area (Å²) in [6.45, 7) is 5.44. The van der Waals surface area contributed by atoms with E-state index in [1.165, 1.54) is 18.2 Å². The number of thiocarbonyl (C=S) groups is 1. The smallest absolute Gasteiger partial charge is 0.266 e. The molecule has 2 heterocycles. The highest BCUT2D eigenvalue weighted by atomic mass is 32.2. The zero-order valence-corrected chi connectivity index (χ0v) is 21.2. The topological polar surface area (TPSA) is 47.4 Å². The number of para-hydroxylation sites is 1. The van der Waals surface area contributed by atoms with E-state index in [4.69, 9.17) is 22.1 Å². The standard InChI is InChI=1S/C27H29N3O2S2/c1-3-5-6-10-17-29-26(31)24(34-27(29)33)18-21-19-30(22-11-8-7-9-12-22)28-25(21)20-13-15-23(16-14-20)32-4-2/h7-9,11-16,18-19H,3-6,10,17H2,1-2H3. The van der Waals surface area contributed by atoms with Gasteiger partial charge in [0.2, 0.25) is 0 Å². The molecule has 1 aliphatic rings. The van der Waals surface area contributed by atoms with Crippen molar-refractivity contribution in [2.45, 2.75) is 39.5 Å². The Hall–Kier alpha value is -2.90. The van der Waals surface area contributed by atoms with Gasteiger partial charge in [-0.2, -0.15) is 5.10 Å². The van der Waals surface area contributed by atoms with E-state index in [0.717, 1.165) is 47.5 Å². The molecule has 3 aromatic rings. The molecule has 1 saturated heterocycles. The van der Waals surface area contributed by atoms with Gasteiger partial charge in [0.25, 0.3) is 5.91 Å². The molecule has 4 rings (SSSR count). The number of thioether (sulfide) groups is 1. The number of ether oxygens (including phenoxy) is 1. The Morgan fingerprint density at radius 3 is 2.50 bits per heavy atom. The predicted octanol–water partition coefficient (Wildman–Crippen LogP) is 6.72. The van der Waals surface area contributed by atoms with Crippen LogP contribution >= 0.6 is 24.0 Å². The first-order valence-electron chi connectivity index (χ1n) is 11.7. The third-order valence-corrected chi connectivity index (χ3v) is 6.98. The maximum absolute atomic E-state index is 13.1. The molecular formula is C27H29N3O2S2. The average Bonchev–Trinajstić information content (AvgIpc) is 3.39. The lowest BCUT2D eigenvalue weighted by Crippen LogP contribution is -2.29. The van der Waals surface area contributed by atoms with E-state index < -0.39 is 0 Å². The Labute approximate surface area is 210 Å². The van der Waals surface area contributed by atoms with Crippen molar-refractivity contribution in [2.75, 3.05) is 13.2 Å². The molecule has 1 fully saturated rings. The second-order valence-electron chi connectivity index (χ2n) is 8.06. The molecule has 0 spiro atoms. The summed E-state index contributed by atoms with van der Waals surface area (Å²) in [6, 6.07) is 17.8. The van der Waals surface area contributed by atoms with Crippen molar-refractivity contribution in [2.24, 2.45) is 0 Å². The minimum atomic E-state index is -0.0170. The van der Waals surface area contributed by atoms with Gasteiger partial charge in [0, 0.05) is 23.9 Å². The lowest BCUT2D eigenvalue weighted by atomic mass is 10.1. The van der Waals surface area contributed by atoms with Crippen molar-refractivity contribution in [1.29, 1.82) is 0 Å². The third kappa shape index (κ3) is 5.59. The van der Waals surface area contributed by atoms with Crippen LogP contribution in [0, 0.1) is 0 Å². The SMILES string of the molecule is CCCCCCN1C(=O)C(=Cc2cn(-c3ccccc3)nc2-c2ccc(OCC)cc2)SC1=S. The molecule has 5 nitrogen and oxygen atoms in total. The van der Waals surface area contributed by atoms with Crippen LogP contribution in [0.2, 0.25) is 0 Å². The van der Waals surface area contributed by atoms with Crippen molar-refractivity contribution in [1.82, 2.24) is 14.7 Å². The third-order valence-electron chi connectivity index (χ3n) is 5.60. The molecule has 1 amide bonds. The number of rotatable bonds is 10. The number of hydrogen-bond acceptors (Lipinski definition) is 5. The highest BCUT2D eigenvalue weighted by molar-refractivity contribution is 8.26. The van der Waals surface area contributed by atoms with Gasteiger partial charge < -0.3 is 4.74 Å². The number of hydrogen-bond donors (Lipinski definition) is 0. The molecule has 0 unspecified atom stereocenters. The molecule has 1 aliphatic heterocycles. The molecule has 7 heteroatoms. The van der Waals surface area contributed by atoms with Crippen LogP contribution in [0.1, 0.15) is 45.1 Å². The first-order chi connectivity index (χ1) is 16.6. The van der Waals surface area contributed by atoms with Gasteiger partial charge >= 0.3 is 0 Å². The molecule has 2 aromatic carbocycles. The van der Waals surface area contributed by atoms with Crippen molar-refractivity contribution in [3.8, 4) is 22.7 Å². The van der Waals surface area contributed by atoms with Gasteiger partial charge in [0.15, 0.2) is 0 Å². The second kappa shape index (κ2) is 11.5. The molecule has 0 atom stereocenters. The highest BCUT2D eigenvalue weighted by Gasteiger charge is 2.32. The minimum absolute atomic E-state index is 0.0170. The number of aromatic nitrogens is 2. The monoisotopic (exact) mass is 491 g/mol. The van der Waals surface area contributed by atoms with Crippen LogP contribution in [0.25, 0.3) is 23.0 Å². The summed E-state index contributed by atoms with van der Waals surface area (Å²) < 4.78 is 8.07. The van der Waals surface area contributed by atoms with Gasteiger partial charge in [-0.1, -0.05) is 68.4 Å². The fraction of sp³-hybridized carbons (Fsp3) is 0.296. The molecule has 176 valence electrons. The van der Waals surface area contributed by atoms with E-state index >= 15 is 0 Å². The van der Waals surface area contributed by atoms with Crippen LogP contribution < -0.4 is 4.74 Å². The Kier molecular flexibility index (Phi) is 8.19. The fourth-order valence-electron chi connectivity index (χ4n) is 3.84. The quantitative estimate of drug-likeness (QED) is 0.179. The Morgan fingerprint density at radius 1 is 1.03 bits per heavy atom. The van der Waals surface area contributed by atoms with E-state index in [1.54, 1.807) is 4.90 Å². The van der Waals surface area contributed by atoms with Gasteiger partial charge in [-0.3, -0.25) is 9.69 Å². The number of nitrogens with zero attached hydrogens (tertiary/aromatic N) is 3. The van der Waals surface area contributed by atoms with Crippen molar-refractivity contribution >= 4 is 40.3 Å². The summed E-state index contributed by atoms with van der Waals surface area (Å²) in [5, 5.41) is 4.87. The van der Waals surface area contributed by atoms with Crippen molar-refractivity contribution in [3.63, 3.8) is 0 Å². The van der Waals surface area contributed by atoms with Crippen LogP contribution in [0.5, 0.6) is 5.75 Å². The molecule has 0 bridgehead atoms. The van der Waals surface area contributed by atoms with Gasteiger partial charge in [-0.15, -0.1) is 0 Å². The lowest BCUT2D eigenvalue weighted by molar-refractivity contribution is -0.122. The molecule has 1 aromatic heterocycles. The van der Waals surface area contributed by atoms with E-state index in [9.17, 15) is 4.79 Å².